The molecule has 0 aromatic heterocycles. The summed E-state index contributed by atoms with van der Waals surface area (Å²) >= 11 is 0. The second-order valence-electron chi connectivity index (χ2n) is 6.79. The lowest BCUT2D eigenvalue weighted by Gasteiger charge is -2.33. The summed E-state index contributed by atoms with van der Waals surface area (Å²) in [5, 5.41) is 0. The van der Waals surface area contributed by atoms with Gasteiger partial charge in [-0.05, 0) is 25.2 Å². The first-order valence-corrected chi connectivity index (χ1v) is 8.23. The van der Waals surface area contributed by atoms with E-state index in [1.165, 1.54) is 6.42 Å². The number of piperidine rings is 1. The first-order chi connectivity index (χ1) is 9.41. The van der Waals surface area contributed by atoms with Crippen molar-refractivity contribution in [2.24, 2.45) is 17.8 Å². The van der Waals surface area contributed by atoms with E-state index in [-0.39, 0.29) is 11.8 Å². The highest BCUT2D eigenvalue weighted by molar-refractivity contribution is 5.80. The summed E-state index contributed by atoms with van der Waals surface area (Å²) in [5.74, 6) is 1.74. The van der Waals surface area contributed by atoms with Gasteiger partial charge in [0.1, 0.15) is 5.78 Å². The van der Waals surface area contributed by atoms with Crippen LogP contribution in [0.5, 0.6) is 0 Å². The molecule has 1 fully saturated rings. The van der Waals surface area contributed by atoms with Gasteiger partial charge in [-0.1, -0.05) is 40.5 Å². The van der Waals surface area contributed by atoms with E-state index in [2.05, 4.69) is 0 Å². The molecule has 0 unspecified atom stereocenters. The standard InChI is InChI=1S/C17H31NO2/c1-13(2)16(19)8-6-5-7-15-9-11-18(12-10-15)17(20)14(3)4/h13-15H,5-12H2,1-4H3. The first kappa shape index (κ1) is 17.2. The number of Topliss-reactive ketones (excluding diaryl/α,β-unsaturated/α-hetero) is 1. The molecule has 1 rings (SSSR count). The second-order valence-corrected chi connectivity index (χ2v) is 6.79. The van der Waals surface area contributed by atoms with E-state index >= 15 is 0 Å². The van der Waals surface area contributed by atoms with E-state index in [9.17, 15) is 9.59 Å². The highest BCUT2D eigenvalue weighted by Gasteiger charge is 2.23. The number of unbranched alkanes of at least 4 members (excludes halogenated alkanes) is 1. The smallest absolute Gasteiger partial charge is 0.225 e. The van der Waals surface area contributed by atoms with Crippen molar-refractivity contribution in [2.45, 2.75) is 66.2 Å². The van der Waals surface area contributed by atoms with Crippen molar-refractivity contribution in [1.82, 2.24) is 4.90 Å². The molecule has 1 amide bonds. The lowest BCUT2D eigenvalue weighted by Crippen LogP contribution is -2.40. The maximum Gasteiger partial charge on any atom is 0.225 e. The number of likely N-dealkylation sites (tertiary alicyclic amines) is 1. The molecule has 1 heterocycles. The number of hydrogen-bond acceptors (Lipinski definition) is 2. The van der Waals surface area contributed by atoms with Crippen molar-refractivity contribution in [3.05, 3.63) is 0 Å². The second kappa shape index (κ2) is 8.43. The normalized spacial score (nSPS) is 17.0. The van der Waals surface area contributed by atoms with E-state index in [0.29, 0.717) is 11.7 Å². The number of carbonyl (C=O) groups excluding carboxylic acids is 2. The van der Waals surface area contributed by atoms with E-state index in [0.717, 1.165) is 51.1 Å². The zero-order valence-corrected chi connectivity index (χ0v) is 13.7. The van der Waals surface area contributed by atoms with Gasteiger partial charge in [-0.15, -0.1) is 0 Å². The van der Waals surface area contributed by atoms with Crippen molar-refractivity contribution >= 4 is 11.7 Å². The van der Waals surface area contributed by atoms with Gasteiger partial charge in [0.2, 0.25) is 5.91 Å². The fourth-order valence-electron chi connectivity index (χ4n) is 2.83. The predicted octanol–water partition coefficient (Wildman–Crippen LogP) is 3.67. The number of rotatable bonds is 7. The van der Waals surface area contributed by atoms with Gasteiger partial charge in [0.15, 0.2) is 0 Å². The van der Waals surface area contributed by atoms with Gasteiger partial charge in [0.25, 0.3) is 0 Å². The Morgan fingerprint density at radius 1 is 1.00 bits per heavy atom. The molecule has 0 radical (unpaired) electrons. The van der Waals surface area contributed by atoms with E-state index in [1.54, 1.807) is 0 Å². The Balaban J connectivity index is 2.14. The first-order valence-electron chi connectivity index (χ1n) is 8.23. The third-order valence-corrected chi connectivity index (χ3v) is 4.35. The molecule has 0 aromatic carbocycles. The fraction of sp³-hybridized carbons (Fsp3) is 0.882. The van der Waals surface area contributed by atoms with Gasteiger partial charge in [-0.25, -0.2) is 0 Å². The highest BCUT2D eigenvalue weighted by Crippen LogP contribution is 2.24. The van der Waals surface area contributed by atoms with E-state index < -0.39 is 0 Å². The lowest BCUT2D eigenvalue weighted by atomic mass is 9.90. The molecular formula is C17H31NO2. The Morgan fingerprint density at radius 3 is 2.10 bits per heavy atom. The Labute approximate surface area is 124 Å². The summed E-state index contributed by atoms with van der Waals surface area (Å²) in [6.07, 6.45) is 6.41. The third kappa shape index (κ3) is 5.64. The Kier molecular flexibility index (Phi) is 7.25. The van der Waals surface area contributed by atoms with Crippen molar-refractivity contribution in [3.8, 4) is 0 Å². The lowest BCUT2D eigenvalue weighted by molar-refractivity contribution is -0.135. The van der Waals surface area contributed by atoms with Crippen LogP contribution in [-0.4, -0.2) is 29.7 Å². The molecule has 0 aromatic rings. The monoisotopic (exact) mass is 281 g/mol. The van der Waals surface area contributed by atoms with Crippen LogP contribution in [0.1, 0.15) is 66.2 Å². The molecule has 0 N–H and O–H groups in total. The van der Waals surface area contributed by atoms with Crippen LogP contribution >= 0.6 is 0 Å². The van der Waals surface area contributed by atoms with Crippen molar-refractivity contribution < 1.29 is 9.59 Å². The average molecular weight is 281 g/mol. The van der Waals surface area contributed by atoms with Crippen molar-refractivity contribution in [2.75, 3.05) is 13.1 Å². The molecule has 0 aliphatic carbocycles. The maximum atomic E-state index is 11.9. The largest absolute Gasteiger partial charge is 0.342 e. The third-order valence-electron chi connectivity index (χ3n) is 4.35. The van der Waals surface area contributed by atoms with Crippen LogP contribution in [-0.2, 0) is 9.59 Å². The summed E-state index contributed by atoms with van der Waals surface area (Å²) in [4.78, 5) is 25.4. The minimum atomic E-state index is 0.119. The highest BCUT2D eigenvalue weighted by atomic mass is 16.2. The Hall–Kier alpha value is -0.860. The zero-order valence-electron chi connectivity index (χ0n) is 13.7. The molecule has 0 bridgehead atoms. The maximum absolute atomic E-state index is 11.9. The van der Waals surface area contributed by atoms with Crippen LogP contribution in [0.15, 0.2) is 0 Å². The van der Waals surface area contributed by atoms with Gasteiger partial charge in [-0.2, -0.15) is 0 Å². The summed E-state index contributed by atoms with van der Waals surface area (Å²) in [7, 11) is 0. The van der Waals surface area contributed by atoms with Gasteiger partial charge in [-0.3, -0.25) is 9.59 Å². The average Bonchev–Trinajstić information content (AvgIpc) is 2.43. The molecule has 1 aliphatic heterocycles. The molecule has 0 spiro atoms. The zero-order chi connectivity index (χ0) is 15.1. The number of hydrogen-bond donors (Lipinski definition) is 0. The quantitative estimate of drug-likeness (QED) is 0.668. The number of carbonyl (C=O) groups is 2. The molecular weight excluding hydrogens is 250 g/mol. The molecule has 1 saturated heterocycles. The minimum absolute atomic E-state index is 0.119. The SMILES string of the molecule is CC(C)C(=O)CCCCC1CCN(C(=O)C(C)C)CC1. The fourth-order valence-corrected chi connectivity index (χ4v) is 2.83. The summed E-state index contributed by atoms with van der Waals surface area (Å²) in [6, 6.07) is 0. The molecule has 3 nitrogen and oxygen atoms in total. The summed E-state index contributed by atoms with van der Waals surface area (Å²) in [6.45, 7) is 9.74. The van der Waals surface area contributed by atoms with Crippen LogP contribution in [0.25, 0.3) is 0 Å². The molecule has 3 heteroatoms. The van der Waals surface area contributed by atoms with Gasteiger partial charge in [0.05, 0.1) is 0 Å². The molecule has 20 heavy (non-hydrogen) atoms. The van der Waals surface area contributed by atoms with E-state index in [1.807, 2.05) is 32.6 Å². The Bertz CT molecular complexity index is 315. The van der Waals surface area contributed by atoms with Crippen molar-refractivity contribution in [1.29, 1.82) is 0 Å². The van der Waals surface area contributed by atoms with Gasteiger partial charge in [0, 0.05) is 31.3 Å². The Morgan fingerprint density at radius 2 is 1.60 bits per heavy atom. The predicted molar refractivity (Wildman–Crippen MR) is 82.5 cm³/mol. The minimum Gasteiger partial charge on any atom is -0.342 e. The van der Waals surface area contributed by atoms with Crippen molar-refractivity contribution in [3.63, 3.8) is 0 Å². The molecule has 116 valence electrons. The van der Waals surface area contributed by atoms with Crippen LogP contribution in [0, 0.1) is 17.8 Å². The number of nitrogens with zero attached hydrogens (tertiary/aromatic N) is 1. The van der Waals surface area contributed by atoms with Crippen LogP contribution in [0.3, 0.4) is 0 Å². The molecule has 0 saturated carbocycles. The number of amides is 1. The summed E-state index contributed by atoms with van der Waals surface area (Å²) in [5.41, 5.74) is 0. The molecule has 0 atom stereocenters. The van der Waals surface area contributed by atoms with Crippen LogP contribution < -0.4 is 0 Å². The van der Waals surface area contributed by atoms with E-state index in [4.69, 9.17) is 0 Å². The van der Waals surface area contributed by atoms with Crippen LogP contribution in [0.2, 0.25) is 0 Å². The number of ketones is 1. The summed E-state index contributed by atoms with van der Waals surface area (Å²) < 4.78 is 0. The van der Waals surface area contributed by atoms with Gasteiger partial charge >= 0.3 is 0 Å². The van der Waals surface area contributed by atoms with Gasteiger partial charge < -0.3 is 4.90 Å². The topological polar surface area (TPSA) is 37.4 Å². The van der Waals surface area contributed by atoms with Crippen LogP contribution in [0.4, 0.5) is 0 Å². The molecule has 1 aliphatic rings.